The molecule has 1 N–H and O–H groups in total. The number of pyridine rings is 1. The summed E-state index contributed by atoms with van der Waals surface area (Å²) >= 11 is 0. The van der Waals surface area contributed by atoms with Crippen molar-refractivity contribution in [3.8, 4) is 0 Å². The van der Waals surface area contributed by atoms with E-state index in [-0.39, 0.29) is 5.91 Å². The van der Waals surface area contributed by atoms with Gasteiger partial charge in [0.2, 0.25) is 0 Å². The maximum atomic E-state index is 11.7. The molecule has 1 atom stereocenters. The summed E-state index contributed by atoms with van der Waals surface area (Å²) in [7, 11) is 0. The van der Waals surface area contributed by atoms with Crippen LogP contribution in [0.1, 0.15) is 29.6 Å². The topological polar surface area (TPSA) is 51.2 Å². The molecule has 1 amide bonds. The molecule has 1 fully saturated rings. The van der Waals surface area contributed by atoms with Gasteiger partial charge in [0.15, 0.2) is 0 Å². The molecule has 4 nitrogen and oxygen atoms in total. The van der Waals surface area contributed by atoms with Crippen molar-refractivity contribution in [1.82, 2.24) is 10.3 Å². The number of aromatic nitrogens is 1. The minimum Gasteiger partial charge on any atom is -0.381 e. The minimum absolute atomic E-state index is 0.0240. The highest BCUT2D eigenvalue weighted by Crippen LogP contribution is 2.16. The van der Waals surface area contributed by atoms with Crippen molar-refractivity contribution < 1.29 is 9.53 Å². The van der Waals surface area contributed by atoms with E-state index in [4.69, 9.17) is 4.74 Å². The number of carbonyl (C=O) groups excluding carboxylic acids is 1. The molecule has 17 heavy (non-hydrogen) atoms. The largest absolute Gasteiger partial charge is 0.381 e. The Morgan fingerprint density at radius 1 is 1.47 bits per heavy atom. The van der Waals surface area contributed by atoms with Gasteiger partial charge in [-0.15, -0.1) is 0 Å². The van der Waals surface area contributed by atoms with E-state index < -0.39 is 0 Å². The Balaban J connectivity index is 1.69. The molecule has 1 aliphatic rings. The zero-order valence-corrected chi connectivity index (χ0v) is 9.89. The van der Waals surface area contributed by atoms with Gasteiger partial charge in [-0.1, -0.05) is 0 Å². The van der Waals surface area contributed by atoms with Gasteiger partial charge in [0.05, 0.1) is 0 Å². The number of rotatable bonds is 4. The third-order valence-electron chi connectivity index (χ3n) is 3.04. The number of carbonyl (C=O) groups is 1. The number of hydrogen-bond acceptors (Lipinski definition) is 3. The average Bonchev–Trinajstić information content (AvgIpc) is 2.41. The lowest BCUT2D eigenvalue weighted by molar-refractivity contribution is 0.0514. The van der Waals surface area contributed by atoms with Gasteiger partial charge in [-0.3, -0.25) is 9.78 Å². The normalized spacial score (nSPS) is 19.9. The predicted molar refractivity (Wildman–Crippen MR) is 64.7 cm³/mol. The third-order valence-corrected chi connectivity index (χ3v) is 3.04. The van der Waals surface area contributed by atoms with Crippen molar-refractivity contribution in [3.05, 3.63) is 30.1 Å². The van der Waals surface area contributed by atoms with Gasteiger partial charge in [-0.2, -0.15) is 0 Å². The SMILES string of the molecule is O=C(NCC[C@H]1CCCOC1)c1ccncc1. The smallest absolute Gasteiger partial charge is 0.251 e. The molecule has 92 valence electrons. The van der Waals surface area contributed by atoms with Crippen molar-refractivity contribution in [3.63, 3.8) is 0 Å². The molecular weight excluding hydrogens is 216 g/mol. The van der Waals surface area contributed by atoms with E-state index in [0.29, 0.717) is 11.5 Å². The summed E-state index contributed by atoms with van der Waals surface area (Å²) in [6.45, 7) is 2.44. The molecule has 0 aliphatic carbocycles. The second-order valence-electron chi connectivity index (χ2n) is 4.36. The Bertz CT molecular complexity index is 348. The first-order valence-electron chi connectivity index (χ1n) is 6.12. The molecule has 2 rings (SSSR count). The molecule has 1 aromatic heterocycles. The number of amides is 1. The summed E-state index contributed by atoms with van der Waals surface area (Å²) in [5.41, 5.74) is 0.667. The quantitative estimate of drug-likeness (QED) is 0.861. The second-order valence-corrected chi connectivity index (χ2v) is 4.36. The Hall–Kier alpha value is -1.42. The maximum Gasteiger partial charge on any atom is 0.251 e. The Morgan fingerprint density at radius 2 is 2.29 bits per heavy atom. The Kier molecular flexibility index (Phi) is 4.50. The van der Waals surface area contributed by atoms with Gasteiger partial charge in [0.25, 0.3) is 5.91 Å². The zero-order valence-electron chi connectivity index (χ0n) is 9.89. The molecule has 4 heteroatoms. The van der Waals surface area contributed by atoms with Crippen LogP contribution in [-0.2, 0) is 4.74 Å². The molecule has 2 heterocycles. The van der Waals surface area contributed by atoms with Gasteiger partial charge in [0.1, 0.15) is 0 Å². The first-order chi connectivity index (χ1) is 8.36. The second kappa shape index (κ2) is 6.35. The van der Waals surface area contributed by atoms with Crippen molar-refractivity contribution in [2.45, 2.75) is 19.3 Å². The molecule has 1 aliphatic heterocycles. The van der Waals surface area contributed by atoms with Crippen molar-refractivity contribution in [2.24, 2.45) is 5.92 Å². The van der Waals surface area contributed by atoms with E-state index in [0.717, 1.165) is 32.6 Å². The zero-order chi connectivity index (χ0) is 11.9. The van der Waals surface area contributed by atoms with Crippen LogP contribution in [0.2, 0.25) is 0 Å². The van der Waals surface area contributed by atoms with Gasteiger partial charge < -0.3 is 10.1 Å². The molecule has 1 aromatic rings. The van der Waals surface area contributed by atoms with Crippen LogP contribution in [0, 0.1) is 5.92 Å². The fraction of sp³-hybridized carbons (Fsp3) is 0.538. The summed E-state index contributed by atoms with van der Waals surface area (Å²) in [6, 6.07) is 3.44. The monoisotopic (exact) mass is 234 g/mol. The molecular formula is C13H18N2O2. The van der Waals surface area contributed by atoms with Crippen LogP contribution in [0.15, 0.2) is 24.5 Å². The summed E-state index contributed by atoms with van der Waals surface area (Å²) in [5, 5.41) is 2.92. The van der Waals surface area contributed by atoms with E-state index in [9.17, 15) is 4.79 Å². The number of nitrogens with zero attached hydrogens (tertiary/aromatic N) is 1. The first kappa shape index (κ1) is 12.0. The number of hydrogen-bond donors (Lipinski definition) is 1. The van der Waals surface area contributed by atoms with Gasteiger partial charge >= 0.3 is 0 Å². The van der Waals surface area contributed by atoms with Crippen LogP contribution >= 0.6 is 0 Å². The number of ether oxygens (including phenoxy) is 1. The van der Waals surface area contributed by atoms with Gasteiger partial charge in [-0.25, -0.2) is 0 Å². The summed E-state index contributed by atoms with van der Waals surface area (Å²) in [5.74, 6) is 0.575. The lowest BCUT2D eigenvalue weighted by atomic mass is 9.99. The molecule has 0 unspecified atom stereocenters. The highest BCUT2D eigenvalue weighted by atomic mass is 16.5. The first-order valence-corrected chi connectivity index (χ1v) is 6.12. The lowest BCUT2D eigenvalue weighted by Crippen LogP contribution is -2.28. The minimum atomic E-state index is -0.0240. The van der Waals surface area contributed by atoms with Crippen LogP contribution in [0.3, 0.4) is 0 Å². The molecule has 0 saturated carbocycles. The maximum absolute atomic E-state index is 11.7. The lowest BCUT2D eigenvalue weighted by Gasteiger charge is -2.21. The van der Waals surface area contributed by atoms with Crippen molar-refractivity contribution in [1.29, 1.82) is 0 Å². The predicted octanol–water partition coefficient (Wildman–Crippen LogP) is 1.63. The number of nitrogens with one attached hydrogen (secondary N) is 1. The van der Waals surface area contributed by atoms with E-state index in [2.05, 4.69) is 10.3 Å². The van der Waals surface area contributed by atoms with E-state index in [1.54, 1.807) is 24.5 Å². The van der Waals surface area contributed by atoms with E-state index >= 15 is 0 Å². The summed E-state index contributed by atoms with van der Waals surface area (Å²) in [4.78, 5) is 15.6. The van der Waals surface area contributed by atoms with Crippen molar-refractivity contribution >= 4 is 5.91 Å². The molecule has 1 saturated heterocycles. The van der Waals surface area contributed by atoms with Crippen LogP contribution < -0.4 is 5.32 Å². The Labute approximate surface area is 101 Å². The molecule has 0 radical (unpaired) electrons. The summed E-state index contributed by atoms with van der Waals surface area (Å²) in [6.07, 6.45) is 6.61. The standard InChI is InChI=1S/C13H18N2O2/c16-13(12-4-6-14-7-5-12)15-8-3-11-2-1-9-17-10-11/h4-7,11H,1-3,8-10H2,(H,15,16)/t11-/m1/s1. The third kappa shape index (κ3) is 3.82. The van der Waals surface area contributed by atoms with Crippen LogP contribution in [-0.4, -0.2) is 30.6 Å². The highest BCUT2D eigenvalue weighted by molar-refractivity contribution is 5.93. The summed E-state index contributed by atoms with van der Waals surface area (Å²) < 4.78 is 5.40. The van der Waals surface area contributed by atoms with Crippen LogP contribution in [0.4, 0.5) is 0 Å². The molecule has 0 aromatic carbocycles. The molecule has 0 bridgehead atoms. The van der Waals surface area contributed by atoms with E-state index in [1.807, 2.05) is 0 Å². The van der Waals surface area contributed by atoms with Crippen LogP contribution in [0.25, 0.3) is 0 Å². The van der Waals surface area contributed by atoms with Crippen molar-refractivity contribution in [2.75, 3.05) is 19.8 Å². The van der Waals surface area contributed by atoms with Gasteiger partial charge in [0, 0.05) is 37.7 Å². The van der Waals surface area contributed by atoms with Crippen LogP contribution in [0.5, 0.6) is 0 Å². The fourth-order valence-electron chi connectivity index (χ4n) is 2.03. The highest BCUT2D eigenvalue weighted by Gasteiger charge is 2.13. The Morgan fingerprint density at radius 3 is 3.00 bits per heavy atom. The molecule has 0 spiro atoms. The van der Waals surface area contributed by atoms with E-state index in [1.165, 1.54) is 6.42 Å². The fourth-order valence-corrected chi connectivity index (χ4v) is 2.03. The average molecular weight is 234 g/mol. The van der Waals surface area contributed by atoms with Gasteiger partial charge in [-0.05, 0) is 37.3 Å².